The largest absolute Gasteiger partial charge is 0.482 e. The van der Waals surface area contributed by atoms with Gasteiger partial charge < -0.3 is 14.8 Å². The van der Waals surface area contributed by atoms with Crippen LogP contribution in [-0.4, -0.2) is 23.2 Å². The predicted molar refractivity (Wildman–Crippen MR) is 40.6 cm³/mol. The molecule has 0 saturated heterocycles. The van der Waals surface area contributed by atoms with Crippen LogP contribution in [0.15, 0.2) is 16.9 Å². The Morgan fingerprint density at radius 3 is 2.75 bits per heavy atom. The van der Waals surface area contributed by atoms with Gasteiger partial charge in [-0.2, -0.15) is 0 Å². The summed E-state index contributed by atoms with van der Waals surface area (Å²) in [4.78, 5) is 23.6. The predicted octanol–water partition coefficient (Wildman–Crippen LogP) is 0.0817. The molecule has 0 aliphatic heterocycles. The number of aromatic carboxylic acids is 1. The molecule has 0 amide bonds. The minimum atomic E-state index is -1.19. The van der Waals surface area contributed by atoms with E-state index in [4.69, 9.17) is 5.11 Å². The number of nitrogens with one attached hydrogen (secondary N) is 1. The molecule has 0 saturated carbocycles. The molecular weight excluding hydrogens is 162 g/mol. The van der Waals surface area contributed by atoms with Gasteiger partial charge in [0.1, 0.15) is 5.69 Å². The standard InChI is InChI=1S/C7H7NO4/c1-12-6-3-4(9)2-5(8-6)7(10)11/h2-3H,1H3,(H,8,9)(H,10,11). The van der Waals surface area contributed by atoms with Crippen LogP contribution in [0.2, 0.25) is 0 Å². The second-order valence-corrected chi connectivity index (χ2v) is 2.10. The Hall–Kier alpha value is -1.78. The number of pyridine rings is 1. The lowest BCUT2D eigenvalue weighted by molar-refractivity contribution is 0.0689. The summed E-state index contributed by atoms with van der Waals surface area (Å²) in [5.41, 5.74) is -0.581. The number of H-pyrrole nitrogens is 1. The van der Waals surface area contributed by atoms with Crippen LogP contribution in [0.3, 0.4) is 0 Å². The van der Waals surface area contributed by atoms with Crippen LogP contribution < -0.4 is 10.2 Å². The van der Waals surface area contributed by atoms with Crippen molar-refractivity contribution in [2.45, 2.75) is 0 Å². The van der Waals surface area contributed by atoms with Crippen molar-refractivity contribution in [3.8, 4) is 5.88 Å². The fraction of sp³-hybridized carbons (Fsp3) is 0.143. The zero-order valence-electron chi connectivity index (χ0n) is 6.33. The average Bonchev–Trinajstić information content (AvgIpc) is 2.03. The number of carboxylic acid groups (broad SMARTS) is 1. The second kappa shape index (κ2) is 3.08. The molecular formula is C7H7NO4. The molecule has 0 aromatic carbocycles. The highest BCUT2D eigenvalue weighted by Gasteiger charge is 2.05. The Morgan fingerprint density at radius 2 is 2.25 bits per heavy atom. The molecule has 1 aromatic heterocycles. The summed E-state index contributed by atoms with van der Waals surface area (Å²) in [7, 11) is 1.34. The molecule has 1 aromatic rings. The van der Waals surface area contributed by atoms with Gasteiger partial charge in [0.2, 0.25) is 0 Å². The zero-order valence-corrected chi connectivity index (χ0v) is 6.33. The van der Waals surface area contributed by atoms with E-state index >= 15 is 0 Å². The number of aromatic amines is 1. The molecule has 0 spiro atoms. The first-order chi connectivity index (χ1) is 5.63. The molecule has 0 atom stereocenters. The number of hydrogen-bond acceptors (Lipinski definition) is 3. The van der Waals surface area contributed by atoms with E-state index in [1.165, 1.54) is 13.2 Å². The van der Waals surface area contributed by atoms with Crippen molar-refractivity contribution in [1.82, 2.24) is 4.98 Å². The molecule has 0 aliphatic carbocycles. The third kappa shape index (κ3) is 1.63. The second-order valence-electron chi connectivity index (χ2n) is 2.10. The molecule has 1 rings (SSSR count). The van der Waals surface area contributed by atoms with Gasteiger partial charge in [-0.05, 0) is 0 Å². The topological polar surface area (TPSA) is 79.4 Å². The van der Waals surface area contributed by atoms with Crippen molar-refractivity contribution in [3.63, 3.8) is 0 Å². The summed E-state index contributed by atoms with van der Waals surface area (Å²) >= 11 is 0. The van der Waals surface area contributed by atoms with Crippen molar-refractivity contribution in [1.29, 1.82) is 0 Å². The van der Waals surface area contributed by atoms with Gasteiger partial charge in [0.25, 0.3) is 0 Å². The normalized spacial score (nSPS) is 9.42. The number of rotatable bonds is 2. The van der Waals surface area contributed by atoms with Crippen LogP contribution in [0, 0.1) is 0 Å². The molecule has 0 radical (unpaired) electrons. The van der Waals surface area contributed by atoms with Crippen LogP contribution >= 0.6 is 0 Å². The third-order valence-corrected chi connectivity index (χ3v) is 1.27. The number of carboxylic acids is 1. The van der Waals surface area contributed by atoms with Crippen LogP contribution in [0.1, 0.15) is 10.5 Å². The molecule has 5 nitrogen and oxygen atoms in total. The summed E-state index contributed by atoms with van der Waals surface area (Å²) in [5.74, 6) is -1.05. The van der Waals surface area contributed by atoms with Crippen molar-refractivity contribution in [3.05, 3.63) is 28.0 Å². The van der Waals surface area contributed by atoms with Gasteiger partial charge in [0, 0.05) is 12.1 Å². The van der Waals surface area contributed by atoms with E-state index in [0.717, 1.165) is 6.07 Å². The molecule has 2 N–H and O–H groups in total. The number of aromatic nitrogens is 1. The Labute approximate surface area is 67.6 Å². The number of hydrogen-bond donors (Lipinski definition) is 2. The summed E-state index contributed by atoms with van der Waals surface area (Å²) in [5, 5.41) is 8.50. The highest BCUT2D eigenvalue weighted by Crippen LogP contribution is 2.01. The monoisotopic (exact) mass is 169 g/mol. The Morgan fingerprint density at radius 1 is 1.58 bits per heavy atom. The van der Waals surface area contributed by atoms with E-state index in [1.54, 1.807) is 0 Å². The molecule has 1 heterocycles. The molecule has 0 aliphatic rings. The quantitative estimate of drug-likeness (QED) is 0.657. The Bertz CT molecular complexity index is 355. The number of carbonyl (C=O) groups is 1. The highest BCUT2D eigenvalue weighted by atomic mass is 16.5. The van der Waals surface area contributed by atoms with Gasteiger partial charge in [-0.25, -0.2) is 4.79 Å². The van der Waals surface area contributed by atoms with Crippen LogP contribution in [-0.2, 0) is 0 Å². The van der Waals surface area contributed by atoms with E-state index in [-0.39, 0.29) is 11.6 Å². The maximum Gasteiger partial charge on any atom is 0.352 e. The summed E-state index contributed by atoms with van der Waals surface area (Å²) in [6.45, 7) is 0. The molecule has 0 unspecified atom stereocenters. The molecule has 0 bridgehead atoms. The lowest BCUT2D eigenvalue weighted by Crippen LogP contribution is -2.08. The molecule has 5 heteroatoms. The van der Waals surface area contributed by atoms with E-state index in [9.17, 15) is 9.59 Å². The minimum absolute atomic E-state index is 0.139. The smallest absolute Gasteiger partial charge is 0.352 e. The SMILES string of the molecule is COc1cc(=O)cc(C(=O)O)[nH]1. The van der Waals surface area contributed by atoms with E-state index in [1.807, 2.05) is 0 Å². The fourth-order valence-electron chi connectivity index (χ4n) is 0.743. The highest BCUT2D eigenvalue weighted by molar-refractivity contribution is 5.85. The molecule has 0 fully saturated rings. The molecule has 12 heavy (non-hydrogen) atoms. The van der Waals surface area contributed by atoms with Crippen molar-refractivity contribution < 1.29 is 14.6 Å². The maximum absolute atomic E-state index is 10.8. The fourth-order valence-corrected chi connectivity index (χ4v) is 0.743. The Balaban J connectivity index is 3.24. The van der Waals surface area contributed by atoms with Gasteiger partial charge in [-0.1, -0.05) is 0 Å². The first-order valence-corrected chi connectivity index (χ1v) is 3.15. The van der Waals surface area contributed by atoms with Gasteiger partial charge in [-0.3, -0.25) is 4.79 Å². The summed E-state index contributed by atoms with van der Waals surface area (Å²) < 4.78 is 4.67. The summed E-state index contributed by atoms with van der Waals surface area (Å²) in [6, 6.07) is 2.16. The average molecular weight is 169 g/mol. The number of ether oxygens (including phenoxy) is 1. The summed E-state index contributed by atoms with van der Waals surface area (Å²) in [6.07, 6.45) is 0. The van der Waals surface area contributed by atoms with E-state index in [0.29, 0.717) is 0 Å². The third-order valence-electron chi connectivity index (χ3n) is 1.27. The van der Waals surface area contributed by atoms with Crippen LogP contribution in [0.4, 0.5) is 0 Å². The molecule has 64 valence electrons. The van der Waals surface area contributed by atoms with Crippen molar-refractivity contribution in [2.24, 2.45) is 0 Å². The van der Waals surface area contributed by atoms with Gasteiger partial charge in [0.15, 0.2) is 11.3 Å². The van der Waals surface area contributed by atoms with Crippen LogP contribution in [0.25, 0.3) is 0 Å². The van der Waals surface area contributed by atoms with Crippen LogP contribution in [0.5, 0.6) is 5.88 Å². The van der Waals surface area contributed by atoms with Gasteiger partial charge >= 0.3 is 5.97 Å². The maximum atomic E-state index is 10.8. The first-order valence-electron chi connectivity index (χ1n) is 3.15. The van der Waals surface area contributed by atoms with Crippen molar-refractivity contribution >= 4 is 5.97 Å². The lowest BCUT2D eigenvalue weighted by atomic mass is 10.3. The van der Waals surface area contributed by atoms with E-state index < -0.39 is 11.4 Å². The lowest BCUT2D eigenvalue weighted by Gasteiger charge is -1.99. The van der Waals surface area contributed by atoms with Crippen molar-refractivity contribution in [2.75, 3.05) is 7.11 Å². The van der Waals surface area contributed by atoms with Gasteiger partial charge in [-0.15, -0.1) is 0 Å². The van der Waals surface area contributed by atoms with Gasteiger partial charge in [0.05, 0.1) is 7.11 Å². The first kappa shape index (κ1) is 8.32. The zero-order chi connectivity index (χ0) is 9.14. The number of methoxy groups -OCH3 is 1. The van der Waals surface area contributed by atoms with E-state index in [2.05, 4.69) is 9.72 Å². The Kier molecular flexibility index (Phi) is 2.14. The minimum Gasteiger partial charge on any atom is -0.482 e.